The molecule has 6 rings (SSSR count). The number of allylic oxidation sites excluding steroid dienone is 1. The summed E-state index contributed by atoms with van der Waals surface area (Å²) in [6.07, 6.45) is 1.25. The van der Waals surface area contributed by atoms with Crippen molar-refractivity contribution in [2.45, 2.75) is 31.4 Å². The molecule has 2 N–H and O–H groups in total. The van der Waals surface area contributed by atoms with E-state index in [1.54, 1.807) is 7.11 Å². The van der Waals surface area contributed by atoms with E-state index in [0.717, 1.165) is 40.2 Å². The number of anilines is 2. The zero-order valence-corrected chi connectivity index (χ0v) is 21.3. The number of hydrogen-bond acceptors (Lipinski definition) is 5. The predicted molar refractivity (Wildman–Crippen MR) is 151 cm³/mol. The van der Waals surface area contributed by atoms with Gasteiger partial charge in [0.15, 0.2) is 17.3 Å². The van der Waals surface area contributed by atoms with Crippen molar-refractivity contribution in [3.8, 4) is 11.5 Å². The molecule has 190 valence electrons. The number of methoxy groups -OCH3 is 1. The molecule has 0 bridgehead atoms. The van der Waals surface area contributed by atoms with Crippen molar-refractivity contribution in [1.82, 2.24) is 0 Å². The maximum Gasteiger partial charge on any atom is 0.163 e. The lowest BCUT2D eigenvalue weighted by Gasteiger charge is -2.30. The fourth-order valence-corrected chi connectivity index (χ4v) is 5.42. The van der Waals surface area contributed by atoms with E-state index in [1.165, 1.54) is 5.56 Å². The maximum absolute atomic E-state index is 13.8. The molecular weight excluding hydrogens is 472 g/mol. The lowest BCUT2D eigenvalue weighted by atomic mass is 9.78. The van der Waals surface area contributed by atoms with Gasteiger partial charge in [-0.25, -0.2) is 0 Å². The number of rotatable bonds is 6. The van der Waals surface area contributed by atoms with Crippen LogP contribution in [0.15, 0.2) is 114 Å². The van der Waals surface area contributed by atoms with E-state index in [2.05, 4.69) is 22.8 Å². The smallest absolute Gasteiger partial charge is 0.163 e. The zero-order valence-electron chi connectivity index (χ0n) is 21.3. The zero-order chi connectivity index (χ0) is 25.9. The van der Waals surface area contributed by atoms with Crippen molar-refractivity contribution in [2.24, 2.45) is 0 Å². The molecular formula is C33H30N2O3. The summed E-state index contributed by atoms with van der Waals surface area (Å²) >= 11 is 0. The first kappa shape index (κ1) is 23.9. The van der Waals surface area contributed by atoms with Gasteiger partial charge in [0.2, 0.25) is 0 Å². The Morgan fingerprint density at radius 2 is 1.47 bits per heavy atom. The van der Waals surface area contributed by atoms with Crippen molar-refractivity contribution in [3.63, 3.8) is 0 Å². The molecule has 0 amide bonds. The van der Waals surface area contributed by atoms with Crippen LogP contribution >= 0.6 is 0 Å². The third-order valence-electron chi connectivity index (χ3n) is 7.34. The maximum atomic E-state index is 13.8. The van der Waals surface area contributed by atoms with Gasteiger partial charge in [0.1, 0.15) is 6.61 Å². The second kappa shape index (κ2) is 10.5. The lowest BCUT2D eigenvalue weighted by molar-refractivity contribution is -0.116. The molecule has 38 heavy (non-hydrogen) atoms. The number of para-hydroxylation sites is 2. The van der Waals surface area contributed by atoms with E-state index in [0.29, 0.717) is 24.5 Å². The number of ether oxygens (including phenoxy) is 2. The van der Waals surface area contributed by atoms with E-state index in [1.807, 2.05) is 91.0 Å². The quantitative estimate of drug-likeness (QED) is 0.291. The van der Waals surface area contributed by atoms with Crippen LogP contribution in [0, 0.1) is 0 Å². The molecule has 0 fully saturated rings. The highest BCUT2D eigenvalue weighted by atomic mass is 16.5. The standard InChI is InChI=1S/C33H30N2O3/c1-37-31-20-24(16-17-30(31)38-21-22-10-4-2-5-11-22)33-32-28(34-26-14-8-9-15-27(26)35-33)18-25(19-29(32)36)23-12-6-3-7-13-23/h2-17,20,25,33-35H,18-19,21H2,1H3/t25-,33-/m0/s1. The molecule has 1 aliphatic heterocycles. The van der Waals surface area contributed by atoms with Crippen LogP contribution < -0.4 is 20.1 Å². The summed E-state index contributed by atoms with van der Waals surface area (Å²) < 4.78 is 11.8. The van der Waals surface area contributed by atoms with Crippen LogP contribution in [0.3, 0.4) is 0 Å². The van der Waals surface area contributed by atoms with Crippen LogP contribution in [-0.4, -0.2) is 12.9 Å². The van der Waals surface area contributed by atoms with Crippen molar-refractivity contribution < 1.29 is 14.3 Å². The molecule has 4 aromatic carbocycles. The normalized spacial score (nSPS) is 18.4. The molecule has 0 spiro atoms. The number of fused-ring (bicyclic) bond motifs is 1. The summed E-state index contributed by atoms with van der Waals surface area (Å²) in [5.74, 6) is 1.60. The molecule has 1 heterocycles. The number of benzene rings is 4. The van der Waals surface area contributed by atoms with E-state index in [9.17, 15) is 4.79 Å². The largest absolute Gasteiger partial charge is 0.493 e. The van der Waals surface area contributed by atoms with Gasteiger partial charge in [-0.1, -0.05) is 78.9 Å². The second-order valence-corrected chi connectivity index (χ2v) is 9.76. The molecule has 0 saturated heterocycles. The average Bonchev–Trinajstić information content (AvgIpc) is 3.14. The Morgan fingerprint density at radius 3 is 2.24 bits per heavy atom. The second-order valence-electron chi connectivity index (χ2n) is 9.76. The van der Waals surface area contributed by atoms with Crippen LogP contribution in [0.4, 0.5) is 11.4 Å². The van der Waals surface area contributed by atoms with E-state index < -0.39 is 0 Å². The molecule has 2 atom stereocenters. The first-order chi connectivity index (χ1) is 18.7. The minimum atomic E-state index is -0.317. The Kier molecular flexibility index (Phi) is 6.57. The molecule has 0 radical (unpaired) electrons. The van der Waals surface area contributed by atoms with Crippen molar-refractivity contribution >= 4 is 17.2 Å². The van der Waals surface area contributed by atoms with Crippen molar-refractivity contribution in [1.29, 1.82) is 0 Å². The van der Waals surface area contributed by atoms with Crippen LogP contribution in [-0.2, 0) is 11.4 Å². The Bertz CT molecular complexity index is 1480. The number of carbonyl (C=O) groups excluding carboxylic acids is 1. The number of hydrogen-bond donors (Lipinski definition) is 2. The summed E-state index contributed by atoms with van der Waals surface area (Å²) in [5, 5.41) is 7.26. The fraction of sp³-hybridized carbons (Fsp3) is 0.182. The summed E-state index contributed by atoms with van der Waals surface area (Å²) in [4.78, 5) is 13.8. The number of Topliss-reactive ketones (excluding diaryl/α,β-unsaturated/α-hetero) is 1. The van der Waals surface area contributed by atoms with E-state index in [-0.39, 0.29) is 17.7 Å². The van der Waals surface area contributed by atoms with Gasteiger partial charge in [0.05, 0.1) is 24.5 Å². The summed E-state index contributed by atoms with van der Waals surface area (Å²) in [6.45, 7) is 0.449. The monoisotopic (exact) mass is 502 g/mol. The van der Waals surface area contributed by atoms with E-state index in [4.69, 9.17) is 9.47 Å². The Hall–Kier alpha value is -4.51. The molecule has 2 aliphatic rings. The molecule has 5 nitrogen and oxygen atoms in total. The lowest BCUT2D eigenvalue weighted by Crippen LogP contribution is -2.26. The summed E-state index contributed by atoms with van der Waals surface area (Å²) in [5.41, 5.74) is 6.92. The molecule has 0 saturated carbocycles. The highest BCUT2D eigenvalue weighted by Gasteiger charge is 2.36. The molecule has 0 aromatic heterocycles. The van der Waals surface area contributed by atoms with Crippen molar-refractivity contribution in [2.75, 3.05) is 17.7 Å². The highest BCUT2D eigenvalue weighted by molar-refractivity contribution is 6.01. The number of ketones is 1. The van der Waals surface area contributed by atoms with Gasteiger partial charge < -0.3 is 20.1 Å². The van der Waals surface area contributed by atoms with Crippen LogP contribution in [0.5, 0.6) is 11.5 Å². The van der Waals surface area contributed by atoms with Gasteiger partial charge in [-0.05, 0) is 53.3 Å². The Balaban J connectivity index is 1.36. The number of nitrogens with one attached hydrogen (secondary N) is 2. The Morgan fingerprint density at radius 1 is 0.763 bits per heavy atom. The first-order valence-electron chi connectivity index (χ1n) is 13.0. The summed E-state index contributed by atoms with van der Waals surface area (Å²) in [6, 6.07) is 34.1. The number of carbonyl (C=O) groups is 1. The Labute approximate surface area is 223 Å². The fourth-order valence-electron chi connectivity index (χ4n) is 5.42. The molecule has 5 heteroatoms. The van der Waals surface area contributed by atoms with Gasteiger partial charge in [-0.2, -0.15) is 0 Å². The van der Waals surface area contributed by atoms with Gasteiger partial charge in [-0.3, -0.25) is 4.79 Å². The van der Waals surface area contributed by atoms with Crippen LogP contribution in [0.2, 0.25) is 0 Å². The molecule has 4 aromatic rings. The molecule has 1 aliphatic carbocycles. The minimum absolute atomic E-state index is 0.143. The first-order valence-corrected chi connectivity index (χ1v) is 13.0. The third kappa shape index (κ3) is 4.75. The minimum Gasteiger partial charge on any atom is -0.493 e. The van der Waals surface area contributed by atoms with Crippen LogP contribution in [0.1, 0.15) is 41.5 Å². The topological polar surface area (TPSA) is 59.6 Å². The van der Waals surface area contributed by atoms with Gasteiger partial charge in [0, 0.05) is 17.7 Å². The highest BCUT2D eigenvalue weighted by Crippen LogP contribution is 2.45. The van der Waals surface area contributed by atoms with Gasteiger partial charge in [-0.15, -0.1) is 0 Å². The predicted octanol–water partition coefficient (Wildman–Crippen LogP) is 7.25. The van der Waals surface area contributed by atoms with Gasteiger partial charge >= 0.3 is 0 Å². The average molecular weight is 503 g/mol. The molecule has 0 unspecified atom stereocenters. The van der Waals surface area contributed by atoms with Crippen molar-refractivity contribution in [3.05, 3.63) is 131 Å². The van der Waals surface area contributed by atoms with Crippen LogP contribution in [0.25, 0.3) is 0 Å². The van der Waals surface area contributed by atoms with Gasteiger partial charge in [0.25, 0.3) is 0 Å². The third-order valence-corrected chi connectivity index (χ3v) is 7.34. The SMILES string of the molecule is COc1cc([C@@H]2Nc3ccccc3NC3=C2C(=O)C[C@@H](c2ccccc2)C3)ccc1OCc1ccccc1. The van der Waals surface area contributed by atoms with E-state index >= 15 is 0 Å². The summed E-state index contributed by atoms with van der Waals surface area (Å²) in [7, 11) is 1.65.